The molecule has 2 heterocycles. The van der Waals surface area contributed by atoms with E-state index in [1.54, 1.807) is 26.4 Å². The van der Waals surface area contributed by atoms with Crippen molar-refractivity contribution in [3.8, 4) is 22.9 Å². The lowest BCUT2D eigenvalue weighted by molar-refractivity contribution is -0.128. The van der Waals surface area contributed by atoms with Crippen molar-refractivity contribution in [1.29, 1.82) is 0 Å². The smallest absolute Gasteiger partial charge is 0.232 e. The number of benzene rings is 2. The molecule has 0 spiro atoms. The molecule has 1 aliphatic rings. The van der Waals surface area contributed by atoms with E-state index in [0.717, 1.165) is 11.1 Å². The van der Waals surface area contributed by atoms with E-state index in [-0.39, 0.29) is 11.8 Å². The van der Waals surface area contributed by atoms with Crippen LogP contribution in [0.25, 0.3) is 11.4 Å². The first-order chi connectivity index (χ1) is 15.0. The highest BCUT2D eigenvalue weighted by Crippen LogP contribution is 2.33. The predicted molar refractivity (Wildman–Crippen MR) is 116 cm³/mol. The zero-order valence-electron chi connectivity index (χ0n) is 18.3. The van der Waals surface area contributed by atoms with Crippen LogP contribution < -0.4 is 9.47 Å². The van der Waals surface area contributed by atoms with E-state index in [1.165, 1.54) is 5.56 Å². The number of methoxy groups -OCH3 is 2. The second-order valence-corrected chi connectivity index (χ2v) is 8.10. The summed E-state index contributed by atoms with van der Waals surface area (Å²) in [5.74, 6) is 2.66. The lowest BCUT2D eigenvalue weighted by atomic mass is 10.0. The molecule has 4 rings (SSSR count). The molecule has 0 bridgehead atoms. The number of rotatable bonds is 7. The number of hydrogen-bond donors (Lipinski definition) is 0. The van der Waals surface area contributed by atoms with Gasteiger partial charge in [-0.1, -0.05) is 43.3 Å². The topological polar surface area (TPSA) is 77.7 Å². The van der Waals surface area contributed by atoms with Gasteiger partial charge < -0.3 is 18.9 Å². The summed E-state index contributed by atoms with van der Waals surface area (Å²) in [6, 6.07) is 13.9. The number of likely N-dealkylation sites (tertiary alicyclic amines) is 1. The van der Waals surface area contributed by atoms with E-state index in [1.807, 2.05) is 11.0 Å². The number of hydrogen-bond acceptors (Lipinski definition) is 6. The van der Waals surface area contributed by atoms with Gasteiger partial charge in [-0.25, -0.2) is 0 Å². The number of carbonyl (C=O) groups is 1. The molecule has 2 aromatic carbocycles. The molecule has 3 aromatic rings. The minimum atomic E-state index is -0.108. The molecule has 7 heteroatoms. The van der Waals surface area contributed by atoms with Gasteiger partial charge in [-0.3, -0.25) is 4.79 Å². The highest BCUT2D eigenvalue weighted by atomic mass is 16.5. The van der Waals surface area contributed by atoms with Gasteiger partial charge in [0.2, 0.25) is 17.6 Å². The van der Waals surface area contributed by atoms with Crippen molar-refractivity contribution in [2.45, 2.75) is 38.6 Å². The Kier molecular flexibility index (Phi) is 5.93. The predicted octanol–water partition coefficient (Wildman–Crippen LogP) is 4.39. The third-order valence-electron chi connectivity index (χ3n) is 5.67. The number of nitrogens with zero attached hydrogens (tertiary/aromatic N) is 3. The van der Waals surface area contributed by atoms with Gasteiger partial charge >= 0.3 is 0 Å². The molecule has 1 aliphatic heterocycles. The monoisotopic (exact) mass is 421 g/mol. The molecule has 0 radical (unpaired) electrons. The molecular weight excluding hydrogens is 394 g/mol. The SMILES string of the molecule is COc1ccc(-c2noc(C3CC(=O)N(Cc4ccc(C(C)C)cc4)C3)n2)cc1OC. The summed E-state index contributed by atoms with van der Waals surface area (Å²) in [5, 5.41) is 4.11. The van der Waals surface area contributed by atoms with Crippen LogP contribution in [0.2, 0.25) is 0 Å². The first kappa shape index (κ1) is 20.9. The van der Waals surface area contributed by atoms with E-state index < -0.39 is 0 Å². The van der Waals surface area contributed by atoms with Gasteiger partial charge in [0.05, 0.1) is 20.1 Å². The van der Waals surface area contributed by atoms with Crippen molar-refractivity contribution in [3.63, 3.8) is 0 Å². The minimum absolute atomic E-state index is 0.101. The van der Waals surface area contributed by atoms with Crippen molar-refractivity contribution in [2.24, 2.45) is 0 Å². The van der Waals surface area contributed by atoms with Gasteiger partial charge in [0, 0.05) is 25.1 Å². The molecule has 1 atom stereocenters. The molecule has 1 aromatic heterocycles. The molecule has 0 saturated carbocycles. The second kappa shape index (κ2) is 8.79. The largest absolute Gasteiger partial charge is 0.493 e. The maximum absolute atomic E-state index is 12.6. The van der Waals surface area contributed by atoms with E-state index in [4.69, 9.17) is 14.0 Å². The summed E-state index contributed by atoms with van der Waals surface area (Å²) in [6.07, 6.45) is 0.373. The van der Waals surface area contributed by atoms with Crippen LogP contribution in [0.4, 0.5) is 0 Å². The van der Waals surface area contributed by atoms with E-state index >= 15 is 0 Å². The average molecular weight is 421 g/mol. The van der Waals surface area contributed by atoms with E-state index in [9.17, 15) is 4.79 Å². The molecular formula is C24H27N3O4. The van der Waals surface area contributed by atoms with Crippen molar-refractivity contribution >= 4 is 5.91 Å². The lowest BCUT2D eigenvalue weighted by Crippen LogP contribution is -2.24. The first-order valence-corrected chi connectivity index (χ1v) is 10.4. The van der Waals surface area contributed by atoms with Gasteiger partial charge in [-0.15, -0.1) is 0 Å². The van der Waals surface area contributed by atoms with Crippen molar-refractivity contribution in [2.75, 3.05) is 20.8 Å². The third kappa shape index (κ3) is 4.40. The molecule has 7 nitrogen and oxygen atoms in total. The fraction of sp³-hybridized carbons (Fsp3) is 0.375. The van der Waals surface area contributed by atoms with Gasteiger partial charge in [-0.05, 0) is 35.2 Å². The number of amides is 1. The van der Waals surface area contributed by atoms with Gasteiger partial charge in [0.25, 0.3) is 0 Å². The Morgan fingerprint density at radius 2 is 1.84 bits per heavy atom. The second-order valence-electron chi connectivity index (χ2n) is 8.10. The fourth-order valence-corrected chi connectivity index (χ4v) is 3.81. The number of aromatic nitrogens is 2. The Morgan fingerprint density at radius 3 is 2.52 bits per heavy atom. The Bertz CT molecular complexity index is 1060. The molecule has 0 aliphatic carbocycles. The molecule has 0 N–H and O–H groups in total. The third-order valence-corrected chi connectivity index (χ3v) is 5.67. The molecule has 31 heavy (non-hydrogen) atoms. The molecule has 162 valence electrons. The Hall–Kier alpha value is -3.35. The van der Waals surface area contributed by atoms with Gasteiger partial charge in [0.1, 0.15) is 0 Å². The van der Waals surface area contributed by atoms with Crippen molar-refractivity contribution in [1.82, 2.24) is 15.0 Å². The zero-order valence-corrected chi connectivity index (χ0v) is 18.3. The maximum Gasteiger partial charge on any atom is 0.232 e. The molecule has 1 saturated heterocycles. The van der Waals surface area contributed by atoms with Crippen molar-refractivity contribution in [3.05, 3.63) is 59.5 Å². The van der Waals surface area contributed by atoms with Crippen LogP contribution in [0.5, 0.6) is 11.5 Å². The van der Waals surface area contributed by atoms with Crippen LogP contribution in [-0.2, 0) is 11.3 Å². The van der Waals surface area contributed by atoms with Gasteiger partial charge in [-0.2, -0.15) is 4.98 Å². The number of carbonyl (C=O) groups excluding carboxylic acids is 1. The normalized spacial score (nSPS) is 16.2. The fourth-order valence-electron chi connectivity index (χ4n) is 3.81. The lowest BCUT2D eigenvalue weighted by Gasteiger charge is -2.16. The van der Waals surface area contributed by atoms with Crippen LogP contribution in [-0.4, -0.2) is 41.7 Å². The zero-order chi connectivity index (χ0) is 22.0. The van der Waals surface area contributed by atoms with Crippen LogP contribution >= 0.6 is 0 Å². The minimum Gasteiger partial charge on any atom is -0.493 e. The summed E-state index contributed by atoms with van der Waals surface area (Å²) in [5.41, 5.74) is 3.18. The average Bonchev–Trinajstić information content (AvgIpc) is 3.41. The van der Waals surface area contributed by atoms with Crippen LogP contribution in [0.15, 0.2) is 47.0 Å². The highest BCUT2D eigenvalue weighted by molar-refractivity contribution is 5.79. The van der Waals surface area contributed by atoms with Gasteiger partial charge in [0.15, 0.2) is 11.5 Å². The molecule has 1 unspecified atom stereocenters. The summed E-state index contributed by atoms with van der Waals surface area (Å²) in [7, 11) is 3.17. The summed E-state index contributed by atoms with van der Waals surface area (Å²) >= 11 is 0. The molecule has 1 fully saturated rings. The maximum atomic E-state index is 12.6. The Morgan fingerprint density at radius 1 is 1.10 bits per heavy atom. The Labute approximate surface area is 182 Å². The summed E-state index contributed by atoms with van der Waals surface area (Å²) in [6.45, 7) is 5.50. The van der Waals surface area contributed by atoms with E-state index in [2.05, 4.69) is 48.3 Å². The van der Waals surface area contributed by atoms with Crippen LogP contribution in [0.3, 0.4) is 0 Å². The summed E-state index contributed by atoms with van der Waals surface area (Å²) < 4.78 is 16.1. The Balaban J connectivity index is 1.45. The summed E-state index contributed by atoms with van der Waals surface area (Å²) in [4.78, 5) is 19.0. The highest BCUT2D eigenvalue weighted by Gasteiger charge is 2.34. The number of ether oxygens (including phenoxy) is 2. The van der Waals surface area contributed by atoms with Crippen LogP contribution in [0, 0.1) is 0 Å². The molecule has 1 amide bonds. The first-order valence-electron chi connectivity index (χ1n) is 10.4. The quantitative estimate of drug-likeness (QED) is 0.563. The van der Waals surface area contributed by atoms with E-state index in [0.29, 0.717) is 48.6 Å². The van der Waals surface area contributed by atoms with Crippen LogP contribution in [0.1, 0.15) is 49.1 Å². The van der Waals surface area contributed by atoms with Crippen molar-refractivity contribution < 1.29 is 18.8 Å². The standard InChI is InChI=1S/C24H27N3O4/c1-15(2)17-7-5-16(6-8-17)13-27-14-19(12-22(27)28)24-25-23(26-31-24)18-9-10-20(29-3)21(11-18)30-4/h5-11,15,19H,12-14H2,1-4H3.